The third kappa shape index (κ3) is 4.58. The predicted octanol–water partition coefficient (Wildman–Crippen LogP) is 2.80. The van der Waals surface area contributed by atoms with Crippen LogP contribution >= 0.6 is 11.8 Å². The molecule has 1 aromatic heterocycles. The van der Waals surface area contributed by atoms with E-state index in [-0.39, 0.29) is 0 Å². The Kier molecular flexibility index (Phi) is 5.79. The van der Waals surface area contributed by atoms with E-state index in [2.05, 4.69) is 17.2 Å². The summed E-state index contributed by atoms with van der Waals surface area (Å²) in [6, 6.07) is 4.47. The first-order valence-electron chi connectivity index (χ1n) is 6.75. The lowest BCUT2D eigenvalue weighted by atomic mass is 10.1. The Labute approximate surface area is 119 Å². The van der Waals surface area contributed by atoms with Gasteiger partial charge in [0.1, 0.15) is 6.61 Å². The van der Waals surface area contributed by atoms with Gasteiger partial charge in [-0.3, -0.25) is 0 Å². The highest BCUT2D eigenvalue weighted by molar-refractivity contribution is 8.00. The standard InChI is InChI=1S/C14H22N2O2S/c1-11-13(4-3-9-19-11)16-12-5-6-14(15-10-12)18-8-7-17-2/h5-6,10-11,13,16H,3-4,7-9H2,1-2H3. The van der Waals surface area contributed by atoms with E-state index in [1.54, 1.807) is 7.11 Å². The normalized spacial score (nSPS) is 23.1. The molecule has 106 valence electrons. The number of pyridine rings is 1. The molecule has 1 aliphatic heterocycles. The fraction of sp³-hybridized carbons (Fsp3) is 0.643. The van der Waals surface area contributed by atoms with Gasteiger partial charge in [0.15, 0.2) is 0 Å². The largest absolute Gasteiger partial charge is 0.475 e. The van der Waals surface area contributed by atoms with Crippen molar-refractivity contribution in [3.8, 4) is 5.88 Å². The maximum Gasteiger partial charge on any atom is 0.213 e. The van der Waals surface area contributed by atoms with Gasteiger partial charge in [-0.15, -0.1) is 0 Å². The van der Waals surface area contributed by atoms with Gasteiger partial charge in [-0.25, -0.2) is 4.98 Å². The average Bonchev–Trinajstić information content (AvgIpc) is 2.44. The lowest BCUT2D eigenvalue weighted by Gasteiger charge is -2.29. The lowest BCUT2D eigenvalue weighted by Crippen LogP contribution is -2.32. The van der Waals surface area contributed by atoms with Crippen LogP contribution in [-0.2, 0) is 4.74 Å². The van der Waals surface area contributed by atoms with E-state index in [1.807, 2.05) is 30.1 Å². The lowest BCUT2D eigenvalue weighted by molar-refractivity contribution is 0.144. The van der Waals surface area contributed by atoms with Crippen molar-refractivity contribution in [2.24, 2.45) is 0 Å². The summed E-state index contributed by atoms with van der Waals surface area (Å²) in [4.78, 5) is 4.29. The molecular formula is C14H22N2O2S. The minimum Gasteiger partial charge on any atom is -0.475 e. The van der Waals surface area contributed by atoms with Gasteiger partial charge in [-0.1, -0.05) is 6.92 Å². The second kappa shape index (κ2) is 7.60. The Morgan fingerprint density at radius 3 is 3.00 bits per heavy atom. The van der Waals surface area contributed by atoms with Crippen LogP contribution < -0.4 is 10.1 Å². The second-order valence-corrected chi connectivity index (χ2v) is 6.18. The molecule has 1 aliphatic rings. The number of hydrogen-bond donors (Lipinski definition) is 1. The van der Waals surface area contributed by atoms with Gasteiger partial charge < -0.3 is 14.8 Å². The maximum atomic E-state index is 5.44. The summed E-state index contributed by atoms with van der Waals surface area (Å²) in [6.45, 7) is 3.40. The minimum absolute atomic E-state index is 0.534. The molecule has 0 saturated carbocycles. The van der Waals surface area contributed by atoms with Crippen molar-refractivity contribution in [3.63, 3.8) is 0 Å². The van der Waals surface area contributed by atoms with Crippen molar-refractivity contribution in [2.75, 3.05) is 31.4 Å². The number of nitrogens with one attached hydrogen (secondary N) is 1. The minimum atomic E-state index is 0.534. The van der Waals surface area contributed by atoms with E-state index in [0.29, 0.717) is 30.4 Å². The number of methoxy groups -OCH3 is 1. The molecule has 0 aliphatic carbocycles. The van der Waals surface area contributed by atoms with Crippen molar-refractivity contribution in [1.82, 2.24) is 4.98 Å². The van der Waals surface area contributed by atoms with E-state index in [4.69, 9.17) is 9.47 Å². The van der Waals surface area contributed by atoms with Crippen LogP contribution in [0.3, 0.4) is 0 Å². The fourth-order valence-electron chi connectivity index (χ4n) is 2.11. The molecule has 2 unspecified atom stereocenters. The number of anilines is 1. The molecule has 19 heavy (non-hydrogen) atoms. The number of hydrogen-bond acceptors (Lipinski definition) is 5. The Hall–Kier alpha value is -0.940. The molecule has 0 aromatic carbocycles. The van der Waals surface area contributed by atoms with Crippen molar-refractivity contribution in [3.05, 3.63) is 18.3 Å². The number of thioether (sulfide) groups is 1. The van der Waals surface area contributed by atoms with Crippen LogP contribution in [0, 0.1) is 0 Å². The SMILES string of the molecule is COCCOc1ccc(NC2CCCSC2C)cn1. The molecule has 0 amide bonds. The number of nitrogens with zero attached hydrogens (tertiary/aromatic N) is 1. The van der Waals surface area contributed by atoms with E-state index in [1.165, 1.54) is 18.6 Å². The van der Waals surface area contributed by atoms with Gasteiger partial charge in [0.25, 0.3) is 0 Å². The zero-order valence-corrected chi connectivity index (χ0v) is 12.4. The summed E-state index contributed by atoms with van der Waals surface area (Å²) >= 11 is 2.04. The third-order valence-corrected chi connectivity index (χ3v) is 4.61. The molecule has 0 spiro atoms. The first-order chi connectivity index (χ1) is 9.29. The van der Waals surface area contributed by atoms with Crippen LogP contribution in [0.1, 0.15) is 19.8 Å². The molecule has 0 bridgehead atoms. The monoisotopic (exact) mass is 282 g/mol. The summed E-state index contributed by atoms with van der Waals surface area (Å²) in [5.74, 6) is 1.93. The first kappa shape index (κ1) is 14.5. The highest BCUT2D eigenvalue weighted by Gasteiger charge is 2.21. The highest BCUT2D eigenvalue weighted by Crippen LogP contribution is 2.27. The molecule has 1 aromatic rings. The first-order valence-corrected chi connectivity index (χ1v) is 7.80. The predicted molar refractivity (Wildman–Crippen MR) is 80.2 cm³/mol. The van der Waals surface area contributed by atoms with Crippen LogP contribution in [0.4, 0.5) is 5.69 Å². The van der Waals surface area contributed by atoms with Crippen LogP contribution in [0.2, 0.25) is 0 Å². The van der Waals surface area contributed by atoms with E-state index in [0.717, 1.165) is 5.69 Å². The maximum absolute atomic E-state index is 5.44. The van der Waals surface area contributed by atoms with E-state index < -0.39 is 0 Å². The zero-order chi connectivity index (χ0) is 13.5. The fourth-order valence-corrected chi connectivity index (χ4v) is 3.25. The zero-order valence-electron chi connectivity index (χ0n) is 11.6. The molecule has 1 N–H and O–H groups in total. The Balaban J connectivity index is 1.84. The molecule has 5 heteroatoms. The molecular weight excluding hydrogens is 260 g/mol. The summed E-state index contributed by atoms with van der Waals surface area (Å²) in [6.07, 6.45) is 4.37. The van der Waals surface area contributed by atoms with E-state index >= 15 is 0 Å². The van der Waals surface area contributed by atoms with E-state index in [9.17, 15) is 0 Å². The third-order valence-electron chi connectivity index (χ3n) is 3.23. The molecule has 0 radical (unpaired) electrons. The van der Waals surface area contributed by atoms with Gasteiger partial charge >= 0.3 is 0 Å². The quantitative estimate of drug-likeness (QED) is 0.813. The van der Waals surface area contributed by atoms with Gasteiger partial charge in [0.2, 0.25) is 5.88 Å². The van der Waals surface area contributed by atoms with Crippen LogP contribution in [0.5, 0.6) is 5.88 Å². The second-order valence-electron chi connectivity index (χ2n) is 4.70. The molecule has 2 heterocycles. The van der Waals surface area contributed by atoms with Gasteiger partial charge in [-0.05, 0) is 24.7 Å². The van der Waals surface area contributed by atoms with Gasteiger partial charge in [0, 0.05) is 24.5 Å². The number of ether oxygens (including phenoxy) is 2. The van der Waals surface area contributed by atoms with Crippen LogP contribution in [-0.4, -0.2) is 42.4 Å². The summed E-state index contributed by atoms with van der Waals surface area (Å²) in [7, 11) is 1.66. The van der Waals surface area contributed by atoms with Crippen LogP contribution in [0.25, 0.3) is 0 Å². The number of rotatable bonds is 6. The van der Waals surface area contributed by atoms with Crippen molar-refractivity contribution in [1.29, 1.82) is 0 Å². The summed E-state index contributed by atoms with van der Waals surface area (Å²) in [5, 5.41) is 4.22. The van der Waals surface area contributed by atoms with Gasteiger partial charge in [-0.2, -0.15) is 11.8 Å². The van der Waals surface area contributed by atoms with Crippen LogP contribution in [0.15, 0.2) is 18.3 Å². The van der Waals surface area contributed by atoms with Crippen molar-refractivity contribution >= 4 is 17.4 Å². The molecule has 2 rings (SSSR count). The Bertz CT molecular complexity index is 372. The molecule has 4 nitrogen and oxygen atoms in total. The smallest absolute Gasteiger partial charge is 0.213 e. The van der Waals surface area contributed by atoms with Gasteiger partial charge in [0.05, 0.1) is 18.5 Å². The Morgan fingerprint density at radius 2 is 2.32 bits per heavy atom. The van der Waals surface area contributed by atoms with Crippen molar-refractivity contribution in [2.45, 2.75) is 31.1 Å². The highest BCUT2D eigenvalue weighted by atomic mass is 32.2. The summed E-state index contributed by atoms with van der Waals surface area (Å²) < 4.78 is 10.4. The molecule has 1 saturated heterocycles. The van der Waals surface area contributed by atoms with Crippen molar-refractivity contribution < 1.29 is 9.47 Å². The Morgan fingerprint density at radius 1 is 1.42 bits per heavy atom. The molecule has 1 fully saturated rings. The summed E-state index contributed by atoms with van der Waals surface area (Å²) in [5.41, 5.74) is 1.07. The molecule has 2 atom stereocenters. The topological polar surface area (TPSA) is 43.4 Å². The average molecular weight is 282 g/mol. The number of aromatic nitrogens is 1.